The van der Waals surface area contributed by atoms with Gasteiger partial charge in [-0.3, -0.25) is 4.90 Å². The van der Waals surface area contributed by atoms with Crippen molar-refractivity contribution in [3.05, 3.63) is 53.3 Å². The highest BCUT2D eigenvalue weighted by atomic mass is 19.4. The van der Waals surface area contributed by atoms with Crippen molar-refractivity contribution in [3.63, 3.8) is 0 Å². The molecule has 2 saturated heterocycles. The van der Waals surface area contributed by atoms with E-state index in [-0.39, 0.29) is 17.1 Å². The summed E-state index contributed by atoms with van der Waals surface area (Å²) in [6.07, 6.45) is -2.04. The monoisotopic (exact) mass is 438 g/mol. The van der Waals surface area contributed by atoms with Crippen LogP contribution in [0.3, 0.4) is 0 Å². The fraction of sp³-hybridized carbons (Fsp3) is 0.524. The van der Waals surface area contributed by atoms with Crippen LogP contribution in [0, 0.1) is 5.41 Å². The first-order valence-electron chi connectivity index (χ1n) is 10.2. The standard InChI is InChI=1S/C21H25F3N4O3/c22-21(23,24)16-3-1-2-15(12-16)13-26-9-5-20(6-10-26)7-11-27(14-20)19(31)28-8-4-17(25-28)18(29)30/h1-4,8,12,18,29-30H,5-7,9-11,13-14H2. The van der Waals surface area contributed by atoms with E-state index in [0.717, 1.165) is 43.1 Å². The lowest BCUT2D eigenvalue weighted by molar-refractivity contribution is -0.137. The maximum absolute atomic E-state index is 12.9. The van der Waals surface area contributed by atoms with Gasteiger partial charge in [-0.05, 0) is 55.5 Å². The SMILES string of the molecule is O=C(N1CCC2(CCN(Cc3cccc(C(F)(F)F)c3)CC2)C1)n1ccc(C(O)O)n1. The number of benzene rings is 1. The molecular weight excluding hydrogens is 413 g/mol. The second-order valence-corrected chi connectivity index (χ2v) is 8.49. The van der Waals surface area contributed by atoms with Crippen LogP contribution in [-0.4, -0.2) is 62.0 Å². The number of hydrogen-bond acceptors (Lipinski definition) is 5. The molecule has 3 heterocycles. The van der Waals surface area contributed by atoms with Crippen molar-refractivity contribution in [1.29, 1.82) is 0 Å². The van der Waals surface area contributed by atoms with E-state index in [1.165, 1.54) is 24.4 Å². The predicted octanol–water partition coefficient (Wildman–Crippen LogP) is 2.84. The number of hydrogen-bond donors (Lipinski definition) is 2. The molecule has 31 heavy (non-hydrogen) atoms. The number of alkyl halides is 3. The van der Waals surface area contributed by atoms with Crippen LogP contribution in [-0.2, 0) is 12.7 Å². The second-order valence-electron chi connectivity index (χ2n) is 8.49. The lowest BCUT2D eigenvalue weighted by atomic mass is 9.77. The van der Waals surface area contributed by atoms with Gasteiger partial charge in [0.1, 0.15) is 5.69 Å². The van der Waals surface area contributed by atoms with Crippen molar-refractivity contribution in [2.75, 3.05) is 26.2 Å². The van der Waals surface area contributed by atoms with Gasteiger partial charge < -0.3 is 15.1 Å². The number of aromatic nitrogens is 2. The summed E-state index contributed by atoms with van der Waals surface area (Å²) in [6.45, 7) is 3.20. The number of likely N-dealkylation sites (tertiary alicyclic amines) is 2. The molecule has 0 unspecified atom stereocenters. The molecule has 2 aliphatic rings. The average Bonchev–Trinajstić information content (AvgIpc) is 3.37. The topological polar surface area (TPSA) is 81.8 Å². The summed E-state index contributed by atoms with van der Waals surface area (Å²) in [7, 11) is 0. The number of carbonyl (C=O) groups excluding carboxylic acids is 1. The highest BCUT2D eigenvalue weighted by Gasteiger charge is 2.42. The molecule has 0 radical (unpaired) electrons. The third kappa shape index (κ3) is 4.76. The first-order chi connectivity index (χ1) is 14.7. The predicted molar refractivity (Wildman–Crippen MR) is 105 cm³/mol. The van der Waals surface area contributed by atoms with Gasteiger partial charge in [-0.1, -0.05) is 18.2 Å². The van der Waals surface area contributed by atoms with Crippen molar-refractivity contribution in [3.8, 4) is 0 Å². The van der Waals surface area contributed by atoms with Gasteiger partial charge in [-0.2, -0.15) is 23.0 Å². The van der Waals surface area contributed by atoms with Gasteiger partial charge in [0.25, 0.3) is 0 Å². The highest BCUT2D eigenvalue weighted by Crippen LogP contribution is 2.41. The highest BCUT2D eigenvalue weighted by molar-refractivity contribution is 5.76. The summed E-state index contributed by atoms with van der Waals surface area (Å²) >= 11 is 0. The van der Waals surface area contributed by atoms with E-state index in [9.17, 15) is 18.0 Å². The Balaban J connectivity index is 1.33. The zero-order valence-corrected chi connectivity index (χ0v) is 16.9. The largest absolute Gasteiger partial charge is 0.416 e. The number of piperidine rings is 1. The Morgan fingerprint density at radius 3 is 2.48 bits per heavy atom. The second kappa shape index (κ2) is 8.25. The Kier molecular flexibility index (Phi) is 5.80. The first-order valence-corrected chi connectivity index (χ1v) is 10.2. The molecule has 7 nitrogen and oxygen atoms in total. The average molecular weight is 438 g/mol. The molecule has 10 heteroatoms. The van der Waals surface area contributed by atoms with E-state index in [0.29, 0.717) is 25.2 Å². The summed E-state index contributed by atoms with van der Waals surface area (Å²) in [5.41, 5.74) is 0.0468. The number of aliphatic hydroxyl groups is 2. The Hall–Kier alpha value is -2.43. The third-order valence-corrected chi connectivity index (χ3v) is 6.36. The first kappa shape index (κ1) is 21.8. The van der Waals surface area contributed by atoms with Gasteiger partial charge in [0.05, 0.1) is 5.56 Å². The van der Waals surface area contributed by atoms with E-state index >= 15 is 0 Å². The van der Waals surface area contributed by atoms with Crippen LogP contribution >= 0.6 is 0 Å². The van der Waals surface area contributed by atoms with Gasteiger partial charge in [0.2, 0.25) is 0 Å². The van der Waals surface area contributed by atoms with E-state index in [1.807, 2.05) is 0 Å². The molecule has 0 atom stereocenters. The molecule has 1 aromatic heterocycles. The quantitative estimate of drug-likeness (QED) is 0.721. The minimum absolute atomic E-state index is 0.00640. The van der Waals surface area contributed by atoms with Crippen LogP contribution in [0.1, 0.15) is 42.4 Å². The van der Waals surface area contributed by atoms with E-state index in [4.69, 9.17) is 10.2 Å². The number of rotatable bonds is 3. The summed E-state index contributed by atoms with van der Waals surface area (Å²) in [5, 5.41) is 22.2. The Bertz CT molecular complexity index is 936. The molecule has 0 saturated carbocycles. The minimum atomic E-state index is -4.34. The molecule has 1 amide bonds. The number of carbonyl (C=O) groups is 1. The van der Waals surface area contributed by atoms with Crippen LogP contribution in [0.25, 0.3) is 0 Å². The van der Waals surface area contributed by atoms with E-state index in [1.54, 1.807) is 11.0 Å². The van der Waals surface area contributed by atoms with Gasteiger partial charge in [0, 0.05) is 25.8 Å². The van der Waals surface area contributed by atoms with Crippen LogP contribution < -0.4 is 0 Å². The van der Waals surface area contributed by atoms with Crippen LogP contribution in [0.4, 0.5) is 18.0 Å². The molecular formula is C21H25F3N4O3. The van der Waals surface area contributed by atoms with E-state index in [2.05, 4.69) is 10.00 Å². The zero-order valence-electron chi connectivity index (χ0n) is 16.9. The van der Waals surface area contributed by atoms with Gasteiger partial charge in [0.15, 0.2) is 6.29 Å². The Morgan fingerprint density at radius 2 is 1.84 bits per heavy atom. The number of amides is 1. The molecule has 2 N–H and O–H groups in total. The fourth-order valence-corrected chi connectivity index (χ4v) is 4.52. The fourth-order valence-electron chi connectivity index (χ4n) is 4.52. The van der Waals surface area contributed by atoms with E-state index < -0.39 is 18.0 Å². The Labute approximate surface area is 177 Å². The number of nitrogens with zero attached hydrogens (tertiary/aromatic N) is 4. The Morgan fingerprint density at radius 1 is 1.13 bits per heavy atom. The van der Waals surface area contributed by atoms with Gasteiger partial charge in [-0.25, -0.2) is 4.79 Å². The summed E-state index contributed by atoms with van der Waals surface area (Å²) in [6, 6.07) is 6.55. The van der Waals surface area contributed by atoms with Crippen molar-refractivity contribution >= 4 is 6.03 Å². The lowest BCUT2D eigenvalue weighted by Gasteiger charge is -2.39. The molecule has 0 aliphatic carbocycles. The molecule has 1 aromatic carbocycles. The van der Waals surface area contributed by atoms with Crippen molar-refractivity contribution < 1.29 is 28.2 Å². The molecule has 2 fully saturated rings. The lowest BCUT2D eigenvalue weighted by Crippen LogP contribution is -2.42. The smallest absolute Gasteiger partial charge is 0.363 e. The van der Waals surface area contributed by atoms with Crippen LogP contribution in [0.5, 0.6) is 0 Å². The molecule has 168 valence electrons. The third-order valence-electron chi connectivity index (χ3n) is 6.36. The number of aliphatic hydroxyl groups excluding tert-OH is 1. The van der Waals surface area contributed by atoms with Crippen LogP contribution in [0.2, 0.25) is 0 Å². The van der Waals surface area contributed by atoms with Gasteiger partial charge >= 0.3 is 12.2 Å². The molecule has 4 rings (SSSR count). The summed E-state index contributed by atoms with van der Waals surface area (Å²) in [4.78, 5) is 16.6. The maximum Gasteiger partial charge on any atom is 0.416 e. The number of halogens is 3. The molecule has 1 spiro atoms. The minimum Gasteiger partial charge on any atom is -0.363 e. The molecule has 0 bridgehead atoms. The zero-order chi connectivity index (χ0) is 22.2. The molecule has 2 aromatic rings. The van der Waals surface area contributed by atoms with Crippen molar-refractivity contribution in [2.45, 2.75) is 38.3 Å². The summed E-state index contributed by atoms with van der Waals surface area (Å²) in [5.74, 6) is 0. The van der Waals surface area contributed by atoms with Gasteiger partial charge in [-0.15, -0.1) is 0 Å². The molecule has 2 aliphatic heterocycles. The summed E-state index contributed by atoms with van der Waals surface area (Å²) < 4.78 is 39.9. The van der Waals surface area contributed by atoms with Crippen LogP contribution in [0.15, 0.2) is 36.5 Å². The maximum atomic E-state index is 12.9. The van der Waals surface area contributed by atoms with Crippen molar-refractivity contribution in [1.82, 2.24) is 19.6 Å². The van der Waals surface area contributed by atoms with Crippen molar-refractivity contribution in [2.24, 2.45) is 5.41 Å². The normalized spacial score (nSPS) is 19.5.